The lowest BCUT2D eigenvalue weighted by molar-refractivity contribution is -0.144. The maximum atomic E-state index is 12.2. The van der Waals surface area contributed by atoms with E-state index in [1.807, 2.05) is 29.2 Å². The lowest BCUT2D eigenvalue weighted by Gasteiger charge is -2.38. The summed E-state index contributed by atoms with van der Waals surface area (Å²) in [7, 11) is 0. The standard InChI is InChI=1S/C21H27N3O4/c25-19-14-18(22-19)21(27)24-11-9-23(10-12-24)8-1-13-28-17-6-4-16(5-7-17)20(26)15-2-3-15/h4-7,15,18H,1-3,8-14H2,(H,22,25)/t18-/m0/s1. The molecule has 7 nitrogen and oxygen atoms in total. The number of nitrogens with zero attached hydrogens (tertiary/aromatic N) is 2. The fourth-order valence-corrected chi connectivity index (χ4v) is 3.69. The lowest BCUT2D eigenvalue weighted by atomic mass is 10.0. The number of rotatable bonds is 8. The first kappa shape index (κ1) is 18.9. The summed E-state index contributed by atoms with van der Waals surface area (Å²) in [5.74, 6) is 1.30. The number of β-lactam (4-membered cyclic amide) rings is 1. The largest absolute Gasteiger partial charge is 0.494 e. The summed E-state index contributed by atoms with van der Waals surface area (Å²) in [6.45, 7) is 4.68. The van der Waals surface area contributed by atoms with Crippen LogP contribution in [0.4, 0.5) is 0 Å². The summed E-state index contributed by atoms with van der Waals surface area (Å²) in [6, 6.07) is 7.16. The number of hydrogen-bond donors (Lipinski definition) is 1. The molecule has 28 heavy (non-hydrogen) atoms. The van der Waals surface area contributed by atoms with Crippen molar-refractivity contribution in [3.05, 3.63) is 29.8 Å². The first-order valence-corrected chi connectivity index (χ1v) is 10.2. The maximum absolute atomic E-state index is 12.2. The molecule has 1 atom stereocenters. The van der Waals surface area contributed by atoms with E-state index >= 15 is 0 Å². The van der Waals surface area contributed by atoms with Crippen molar-refractivity contribution < 1.29 is 19.1 Å². The van der Waals surface area contributed by atoms with Gasteiger partial charge in [0, 0.05) is 44.2 Å². The predicted molar refractivity (Wildman–Crippen MR) is 103 cm³/mol. The fourth-order valence-electron chi connectivity index (χ4n) is 3.69. The van der Waals surface area contributed by atoms with Crippen LogP contribution in [0.2, 0.25) is 0 Å². The van der Waals surface area contributed by atoms with Crippen molar-refractivity contribution in [3.63, 3.8) is 0 Å². The van der Waals surface area contributed by atoms with Crippen molar-refractivity contribution in [1.29, 1.82) is 0 Å². The first-order chi connectivity index (χ1) is 13.6. The number of carbonyl (C=O) groups is 3. The van der Waals surface area contributed by atoms with Gasteiger partial charge < -0.3 is 15.0 Å². The van der Waals surface area contributed by atoms with Crippen LogP contribution in [0, 0.1) is 5.92 Å². The Morgan fingerprint density at radius 2 is 1.75 bits per heavy atom. The third-order valence-electron chi connectivity index (χ3n) is 5.68. The van der Waals surface area contributed by atoms with Gasteiger partial charge in [-0.05, 0) is 43.5 Å². The van der Waals surface area contributed by atoms with E-state index in [1.165, 1.54) is 0 Å². The molecular weight excluding hydrogens is 358 g/mol. The maximum Gasteiger partial charge on any atom is 0.245 e. The molecule has 3 fully saturated rings. The van der Waals surface area contributed by atoms with Crippen LogP contribution in [0.3, 0.4) is 0 Å². The molecule has 7 heteroatoms. The van der Waals surface area contributed by atoms with Gasteiger partial charge in [0.25, 0.3) is 0 Å². The van der Waals surface area contributed by atoms with Crippen LogP contribution in [0.5, 0.6) is 5.75 Å². The zero-order valence-electron chi connectivity index (χ0n) is 16.1. The number of benzene rings is 1. The Balaban J connectivity index is 1.11. The van der Waals surface area contributed by atoms with Gasteiger partial charge in [-0.2, -0.15) is 0 Å². The lowest BCUT2D eigenvalue weighted by Crippen LogP contribution is -2.60. The number of hydrogen-bond acceptors (Lipinski definition) is 5. The number of amides is 2. The second-order valence-electron chi connectivity index (χ2n) is 7.86. The molecule has 0 radical (unpaired) electrons. The van der Waals surface area contributed by atoms with Crippen molar-refractivity contribution in [1.82, 2.24) is 15.1 Å². The Kier molecular flexibility index (Phi) is 5.62. The van der Waals surface area contributed by atoms with Crippen LogP contribution in [0.25, 0.3) is 0 Å². The molecular formula is C21H27N3O4. The zero-order chi connectivity index (χ0) is 19.5. The van der Waals surface area contributed by atoms with Crippen LogP contribution >= 0.6 is 0 Å². The highest BCUT2D eigenvalue weighted by atomic mass is 16.5. The average molecular weight is 385 g/mol. The van der Waals surface area contributed by atoms with E-state index in [0.29, 0.717) is 26.1 Å². The molecule has 1 aliphatic carbocycles. The van der Waals surface area contributed by atoms with Gasteiger partial charge in [-0.25, -0.2) is 0 Å². The van der Waals surface area contributed by atoms with Crippen molar-refractivity contribution >= 4 is 17.6 Å². The van der Waals surface area contributed by atoms with Crippen LogP contribution in [0.1, 0.15) is 36.0 Å². The van der Waals surface area contributed by atoms with Crippen LogP contribution in [-0.4, -0.2) is 72.8 Å². The highest BCUT2D eigenvalue weighted by Gasteiger charge is 2.35. The van der Waals surface area contributed by atoms with E-state index < -0.39 is 0 Å². The molecule has 0 bridgehead atoms. The van der Waals surface area contributed by atoms with Gasteiger partial charge in [-0.15, -0.1) is 0 Å². The number of ether oxygens (including phenoxy) is 1. The molecule has 1 aromatic rings. The van der Waals surface area contributed by atoms with E-state index in [0.717, 1.165) is 50.2 Å². The molecule has 0 spiro atoms. The van der Waals surface area contributed by atoms with Gasteiger partial charge in [-0.3, -0.25) is 19.3 Å². The van der Waals surface area contributed by atoms with Gasteiger partial charge in [0.2, 0.25) is 11.8 Å². The summed E-state index contributed by atoms with van der Waals surface area (Å²) in [5.41, 5.74) is 0.781. The Bertz CT molecular complexity index is 729. The van der Waals surface area contributed by atoms with Crippen LogP contribution in [0.15, 0.2) is 24.3 Å². The molecule has 150 valence electrons. The Hall–Kier alpha value is -2.41. The second-order valence-corrected chi connectivity index (χ2v) is 7.86. The third kappa shape index (κ3) is 4.52. The van der Waals surface area contributed by atoms with E-state index in [9.17, 15) is 14.4 Å². The molecule has 2 amide bonds. The number of Topliss-reactive ketones (excluding diaryl/α,β-unsaturated/α-hetero) is 1. The highest BCUT2D eigenvalue weighted by molar-refractivity contribution is 5.99. The molecule has 1 saturated carbocycles. The quantitative estimate of drug-likeness (QED) is 0.412. The summed E-state index contributed by atoms with van der Waals surface area (Å²) in [4.78, 5) is 39.4. The molecule has 0 aromatic heterocycles. The topological polar surface area (TPSA) is 79.0 Å². The van der Waals surface area contributed by atoms with Gasteiger partial charge in [0.05, 0.1) is 13.0 Å². The molecule has 0 unspecified atom stereocenters. The second kappa shape index (κ2) is 8.31. The van der Waals surface area contributed by atoms with Gasteiger partial charge >= 0.3 is 0 Å². The summed E-state index contributed by atoms with van der Waals surface area (Å²) < 4.78 is 5.79. The van der Waals surface area contributed by atoms with Gasteiger partial charge in [-0.1, -0.05) is 0 Å². The molecule has 4 rings (SSSR count). The SMILES string of the molecule is O=C1C[C@@H](C(=O)N2CCN(CCCOc3ccc(C(=O)C4CC4)cc3)CC2)N1. The molecule has 1 aromatic carbocycles. The van der Waals surface area contributed by atoms with Gasteiger partial charge in [0.1, 0.15) is 11.8 Å². The number of ketones is 1. The minimum absolute atomic E-state index is 0.0406. The number of carbonyl (C=O) groups excluding carboxylic acids is 3. The molecule has 1 N–H and O–H groups in total. The summed E-state index contributed by atoms with van der Waals surface area (Å²) in [6.07, 6.45) is 3.29. The number of piperazine rings is 1. The third-order valence-corrected chi connectivity index (χ3v) is 5.68. The summed E-state index contributed by atoms with van der Waals surface area (Å²) in [5, 5.41) is 2.65. The minimum Gasteiger partial charge on any atom is -0.494 e. The van der Waals surface area contributed by atoms with E-state index in [4.69, 9.17) is 4.74 Å². The fraction of sp³-hybridized carbons (Fsp3) is 0.571. The Morgan fingerprint density at radius 1 is 1.07 bits per heavy atom. The predicted octanol–water partition coefficient (Wildman–Crippen LogP) is 1.08. The monoisotopic (exact) mass is 385 g/mol. The highest BCUT2D eigenvalue weighted by Crippen LogP contribution is 2.32. The average Bonchev–Trinajstić information content (AvgIpc) is 3.54. The van der Waals surface area contributed by atoms with Crippen LogP contribution < -0.4 is 10.1 Å². The smallest absolute Gasteiger partial charge is 0.245 e. The Morgan fingerprint density at radius 3 is 2.36 bits per heavy atom. The zero-order valence-corrected chi connectivity index (χ0v) is 16.1. The van der Waals surface area contributed by atoms with E-state index in [2.05, 4.69) is 10.2 Å². The van der Waals surface area contributed by atoms with E-state index in [1.54, 1.807) is 0 Å². The number of nitrogens with one attached hydrogen (secondary N) is 1. The molecule has 2 heterocycles. The van der Waals surface area contributed by atoms with Crippen molar-refractivity contribution in [3.8, 4) is 5.75 Å². The van der Waals surface area contributed by atoms with Crippen molar-refractivity contribution in [2.45, 2.75) is 31.7 Å². The van der Waals surface area contributed by atoms with Gasteiger partial charge in [0.15, 0.2) is 5.78 Å². The Labute approximate surface area is 165 Å². The minimum atomic E-state index is -0.307. The molecule has 2 saturated heterocycles. The van der Waals surface area contributed by atoms with Crippen LogP contribution in [-0.2, 0) is 9.59 Å². The first-order valence-electron chi connectivity index (χ1n) is 10.2. The molecule has 2 aliphatic heterocycles. The normalized spacial score (nSPS) is 22.4. The van der Waals surface area contributed by atoms with Crippen molar-refractivity contribution in [2.75, 3.05) is 39.3 Å². The summed E-state index contributed by atoms with van der Waals surface area (Å²) >= 11 is 0. The molecule has 3 aliphatic rings. The van der Waals surface area contributed by atoms with E-state index in [-0.39, 0.29) is 29.6 Å². The van der Waals surface area contributed by atoms with Crippen molar-refractivity contribution in [2.24, 2.45) is 5.92 Å².